The Kier molecular flexibility index (Phi) is 6.36. The summed E-state index contributed by atoms with van der Waals surface area (Å²) in [6.45, 7) is 8.49. The van der Waals surface area contributed by atoms with Crippen molar-refractivity contribution in [1.82, 2.24) is 5.32 Å². The fourth-order valence-electron chi connectivity index (χ4n) is 1.54. The lowest BCUT2D eigenvalue weighted by atomic mass is 9.98. The lowest BCUT2D eigenvalue weighted by Crippen LogP contribution is -2.23. The molecule has 4 heteroatoms. The number of hydrogen-bond acceptors (Lipinski definition) is 3. The molecule has 1 rings (SSSR count). The summed E-state index contributed by atoms with van der Waals surface area (Å²) in [5, 5.41) is 3.44. The highest BCUT2D eigenvalue weighted by atomic mass is 16.5. The van der Waals surface area contributed by atoms with Gasteiger partial charge in [0.2, 0.25) is 0 Å². The summed E-state index contributed by atoms with van der Waals surface area (Å²) in [6, 6.07) is 7.68. The van der Waals surface area contributed by atoms with Crippen molar-refractivity contribution in [3.63, 3.8) is 0 Å². The minimum atomic E-state index is -0.464. The molecule has 0 fully saturated rings. The Morgan fingerprint density at radius 2 is 1.89 bits per heavy atom. The van der Waals surface area contributed by atoms with Gasteiger partial charge in [0, 0.05) is 6.54 Å². The van der Waals surface area contributed by atoms with E-state index in [1.165, 1.54) is 5.56 Å². The molecule has 3 N–H and O–H groups in total. The normalized spacial score (nSPS) is 12.4. The van der Waals surface area contributed by atoms with Crippen molar-refractivity contribution in [1.29, 1.82) is 0 Å². The quantitative estimate of drug-likeness (QED) is 0.754. The first-order chi connectivity index (χ1) is 8.99. The summed E-state index contributed by atoms with van der Waals surface area (Å²) in [5.41, 5.74) is 6.21. The van der Waals surface area contributed by atoms with Crippen molar-refractivity contribution in [2.24, 2.45) is 17.6 Å². The summed E-state index contributed by atoms with van der Waals surface area (Å²) in [6.07, 6.45) is 0. The van der Waals surface area contributed by atoms with Gasteiger partial charge < -0.3 is 15.8 Å². The minimum Gasteiger partial charge on any atom is -0.484 e. The smallest absolute Gasteiger partial charge is 0.255 e. The van der Waals surface area contributed by atoms with Gasteiger partial charge in [0.1, 0.15) is 5.75 Å². The van der Waals surface area contributed by atoms with Gasteiger partial charge in [-0.15, -0.1) is 0 Å². The zero-order valence-corrected chi connectivity index (χ0v) is 12.0. The second-order valence-corrected chi connectivity index (χ2v) is 5.25. The van der Waals surface area contributed by atoms with Gasteiger partial charge in [-0.05, 0) is 36.1 Å². The maximum atomic E-state index is 10.6. The predicted octanol–water partition coefficient (Wildman–Crippen LogP) is 1.93. The number of carbonyl (C=O) groups excluding carboxylic acids is 1. The first-order valence-electron chi connectivity index (χ1n) is 6.69. The van der Waals surface area contributed by atoms with E-state index in [2.05, 4.69) is 26.1 Å². The summed E-state index contributed by atoms with van der Waals surface area (Å²) in [7, 11) is 0. The fourth-order valence-corrected chi connectivity index (χ4v) is 1.54. The number of ether oxygens (including phenoxy) is 1. The van der Waals surface area contributed by atoms with Crippen molar-refractivity contribution in [3.05, 3.63) is 29.8 Å². The Bertz CT molecular complexity index is 388. The van der Waals surface area contributed by atoms with E-state index in [0.29, 0.717) is 17.6 Å². The average Bonchev–Trinajstić information content (AvgIpc) is 2.37. The highest BCUT2D eigenvalue weighted by Crippen LogP contribution is 2.12. The van der Waals surface area contributed by atoms with Crippen molar-refractivity contribution >= 4 is 5.91 Å². The molecule has 0 aliphatic heterocycles. The van der Waals surface area contributed by atoms with Gasteiger partial charge in [-0.3, -0.25) is 4.79 Å². The van der Waals surface area contributed by atoms with E-state index < -0.39 is 5.91 Å². The molecule has 0 aliphatic rings. The van der Waals surface area contributed by atoms with Crippen LogP contribution in [0.1, 0.15) is 26.3 Å². The molecule has 1 atom stereocenters. The topological polar surface area (TPSA) is 64.3 Å². The van der Waals surface area contributed by atoms with E-state index >= 15 is 0 Å². The molecule has 0 spiro atoms. The van der Waals surface area contributed by atoms with E-state index in [1.807, 2.05) is 24.3 Å². The van der Waals surface area contributed by atoms with E-state index in [9.17, 15) is 4.79 Å². The van der Waals surface area contributed by atoms with Gasteiger partial charge in [-0.2, -0.15) is 0 Å². The van der Waals surface area contributed by atoms with E-state index in [1.54, 1.807) is 0 Å². The van der Waals surface area contributed by atoms with Gasteiger partial charge in [0.05, 0.1) is 0 Å². The monoisotopic (exact) mass is 264 g/mol. The second kappa shape index (κ2) is 7.79. The van der Waals surface area contributed by atoms with E-state index in [-0.39, 0.29) is 6.61 Å². The Balaban J connectivity index is 2.34. The molecule has 1 aromatic rings. The largest absolute Gasteiger partial charge is 0.484 e. The summed E-state index contributed by atoms with van der Waals surface area (Å²) < 4.78 is 5.20. The molecule has 1 amide bonds. The number of nitrogens with two attached hydrogens (primary N) is 1. The van der Waals surface area contributed by atoms with Crippen LogP contribution in [0.4, 0.5) is 0 Å². The maximum absolute atomic E-state index is 10.6. The Labute approximate surface area is 115 Å². The summed E-state index contributed by atoms with van der Waals surface area (Å²) in [4.78, 5) is 10.6. The first-order valence-corrected chi connectivity index (χ1v) is 6.69. The summed E-state index contributed by atoms with van der Waals surface area (Å²) >= 11 is 0. The zero-order valence-electron chi connectivity index (χ0n) is 12.0. The van der Waals surface area contributed by atoms with Gasteiger partial charge in [0.25, 0.3) is 5.91 Å². The predicted molar refractivity (Wildman–Crippen MR) is 76.8 cm³/mol. The second-order valence-electron chi connectivity index (χ2n) is 5.25. The lowest BCUT2D eigenvalue weighted by Gasteiger charge is -2.16. The minimum absolute atomic E-state index is 0.0799. The highest BCUT2D eigenvalue weighted by molar-refractivity contribution is 5.75. The van der Waals surface area contributed by atoms with Crippen molar-refractivity contribution < 1.29 is 9.53 Å². The number of primary amides is 1. The van der Waals surface area contributed by atoms with E-state index in [0.717, 1.165) is 13.1 Å². The number of hydrogen-bond donors (Lipinski definition) is 2. The van der Waals surface area contributed by atoms with Gasteiger partial charge in [-0.25, -0.2) is 0 Å². The number of amides is 1. The molecule has 0 radical (unpaired) electrons. The van der Waals surface area contributed by atoms with Crippen molar-refractivity contribution in [2.45, 2.75) is 27.3 Å². The Morgan fingerprint density at radius 1 is 1.26 bits per heavy atom. The number of rotatable bonds is 8. The number of nitrogens with one attached hydrogen (secondary N) is 1. The molecular weight excluding hydrogens is 240 g/mol. The van der Waals surface area contributed by atoms with Crippen LogP contribution in [0.2, 0.25) is 0 Å². The van der Waals surface area contributed by atoms with Crippen LogP contribution in [0, 0.1) is 11.8 Å². The van der Waals surface area contributed by atoms with Gasteiger partial charge in [0.15, 0.2) is 6.61 Å². The highest BCUT2D eigenvalue weighted by Gasteiger charge is 2.06. The van der Waals surface area contributed by atoms with Crippen LogP contribution in [0.15, 0.2) is 24.3 Å². The summed E-state index contributed by atoms with van der Waals surface area (Å²) in [5.74, 6) is 1.56. The molecule has 0 bridgehead atoms. The zero-order chi connectivity index (χ0) is 14.3. The van der Waals surface area contributed by atoms with Crippen LogP contribution < -0.4 is 15.8 Å². The Morgan fingerprint density at radius 3 is 2.42 bits per heavy atom. The van der Waals surface area contributed by atoms with Crippen molar-refractivity contribution in [2.75, 3.05) is 13.2 Å². The van der Waals surface area contributed by atoms with Crippen LogP contribution in [-0.2, 0) is 11.3 Å². The van der Waals surface area contributed by atoms with Gasteiger partial charge in [-0.1, -0.05) is 32.9 Å². The standard InChI is InChI=1S/C15H24N2O2/c1-11(2)12(3)8-17-9-13-4-6-14(7-5-13)19-10-15(16)18/h4-7,11-12,17H,8-10H2,1-3H3,(H2,16,18). The molecule has 0 saturated carbocycles. The fraction of sp³-hybridized carbons (Fsp3) is 0.533. The number of benzene rings is 1. The maximum Gasteiger partial charge on any atom is 0.255 e. The van der Waals surface area contributed by atoms with Crippen LogP contribution in [-0.4, -0.2) is 19.1 Å². The van der Waals surface area contributed by atoms with Crippen LogP contribution in [0.25, 0.3) is 0 Å². The van der Waals surface area contributed by atoms with Gasteiger partial charge >= 0.3 is 0 Å². The molecule has 0 aromatic heterocycles. The molecule has 0 aliphatic carbocycles. The third-order valence-electron chi connectivity index (χ3n) is 3.24. The van der Waals surface area contributed by atoms with Crippen LogP contribution >= 0.6 is 0 Å². The molecule has 1 unspecified atom stereocenters. The van der Waals surface area contributed by atoms with Crippen molar-refractivity contribution in [3.8, 4) is 5.75 Å². The SMILES string of the molecule is CC(C)C(C)CNCc1ccc(OCC(N)=O)cc1. The molecular formula is C15H24N2O2. The third kappa shape index (κ3) is 6.25. The molecule has 0 saturated heterocycles. The first kappa shape index (κ1) is 15.5. The third-order valence-corrected chi connectivity index (χ3v) is 3.24. The molecule has 0 heterocycles. The number of carbonyl (C=O) groups is 1. The molecule has 106 valence electrons. The molecule has 1 aromatic carbocycles. The average molecular weight is 264 g/mol. The Hall–Kier alpha value is -1.55. The van der Waals surface area contributed by atoms with E-state index in [4.69, 9.17) is 10.5 Å². The molecule has 19 heavy (non-hydrogen) atoms. The van der Waals surface area contributed by atoms with Crippen LogP contribution in [0.5, 0.6) is 5.75 Å². The van der Waals surface area contributed by atoms with Crippen LogP contribution in [0.3, 0.4) is 0 Å². The molecule has 4 nitrogen and oxygen atoms in total. The lowest BCUT2D eigenvalue weighted by molar-refractivity contribution is -0.119.